The van der Waals surface area contributed by atoms with Crippen LogP contribution in [0.4, 0.5) is 0 Å². The van der Waals surface area contributed by atoms with Crippen LogP contribution in [-0.4, -0.2) is 42.5 Å². The monoisotopic (exact) mass is 385 g/mol. The van der Waals surface area contributed by atoms with E-state index < -0.39 is 17.8 Å². The van der Waals surface area contributed by atoms with E-state index in [1.54, 1.807) is 36.4 Å². The van der Waals surface area contributed by atoms with Crippen LogP contribution in [0, 0.1) is 11.8 Å². The van der Waals surface area contributed by atoms with Crippen molar-refractivity contribution in [1.29, 1.82) is 0 Å². The van der Waals surface area contributed by atoms with Crippen molar-refractivity contribution in [2.24, 2.45) is 11.8 Å². The van der Waals surface area contributed by atoms with Crippen molar-refractivity contribution >= 4 is 17.7 Å². The highest BCUT2D eigenvalue weighted by Gasteiger charge is 2.30. The van der Waals surface area contributed by atoms with Gasteiger partial charge in [0.1, 0.15) is 5.76 Å². The van der Waals surface area contributed by atoms with Gasteiger partial charge in [0.2, 0.25) is 0 Å². The molecule has 0 aliphatic carbocycles. The van der Waals surface area contributed by atoms with E-state index in [-0.39, 0.29) is 24.0 Å². The van der Waals surface area contributed by atoms with Gasteiger partial charge < -0.3 is 19.6 Å². The van der Waals surface area contributed by atoms with Gasteiger partial charge in [-0.15, -0.1) is 0 Å². The molecule has 0 saturated carbocycles. The minimum absolute atomic E-state index is 0.0153. The van der Waals surface area contributed by atoms with Gasteiger partial charge in [0.25, 0.3) is 5.91 Å². The molecule has 1 fully saturated rings. The number of ketones is 1. The standard InChI is InChI=1S/C21H23NO6/c1-13(23)14-2-4-16(5-3-14)18-6-7-19(28-18)20(24)22-12-17(21(25)26)15-8-10-27-11-9-15/h2-7,15,17H,8-12H2,1H3,(H,22,24)(H,25,26). The zero-order valence-electron chi connectivity index (χ0n) is 15.6. The average Bonchev–Trinajstić information content (AvgIpc) is 3.19. The van der Waals surface area contributed by atoms with Gasteiger partial charge in [0.15, 0.2) is 11.5 Å². The zero-order valence-corrected chi connectivity index (χ0v) is 15.6. The second-order valence-corrected chi connectivity index (χ2v) is 6.90. The van der Waals surface area contributed by atoms with E-state index in [0.29, 0.717) is 37.4 Å². The molecule has 2 N–H and O–H groups in total. The van der Waals surface area contributed by atoms with Crippen LogP contribution < -0.4 is 5.32 Å². The number of carboxylic acids is 1. The number of ether oxygens (including phenoxy) is 1. The fourth-order valence-corrected chi connectivity index (χ4v) is 3.35. The number of hydrogen-bond acceptors (Lipinski definition) is 5. The summed E-state index contributed by atoms with van der Waals surface area (Å²) in [6.45, 7) is 2.63. The molecule has 2 heterocycles. The van der Waals surface area contributed by atoms with Gasteiger partial charge in [-0.05, 0) is 37.8 Å². The van der Waals surface area contributed by atoms with Crippen LogP contribution in [0.25, 0.3) is 11.3 Å². The van der Waals surface area contributed by atoms with Gasteiger partial charge in [-0.1, -0.05) is 24.3 Å². The van der Waals surface area contributed by atoms with Crippen LogP contribution in [0.15, 0.2) is 40.8 Å². The van der Waals surface area contributed by atoms with E-state index in [9.17, 15) is 19.5 Å². The van der Waals surface area contributed by atoms with E-state index in [1.807, 2.05) is 0 Å². The van der Waals surface area contributed by atoms with E-state index in [4.69, 9.17) is 9.15 Å². The Kier molecular flexibility index (Phi) is 6.26. The number of amides is 1. The van der Waals surface area contributed by atoms with E-state index in [0.717, 1.165) is 5.56 Å². The lowest BCUT2D eigenvalue weighted by Crippen LogP contribution is -2.38. The molecule has 1 aliphatic heterocycles. The molecule has 0 radical (unpaired) electrons. The third kappa shape index (κ3) is 4.67. The average molecular weight is 385 g/mol. The summed E-state index contributed by atoms with van der Waals surface area (Å²) in [5, 5.41) is 12.2. The Bertz CT molecular complexity index is 848. The van der Waals surface area contributed by atoms with Crippen molar-refractivity contribution in [3.63, 3.8) is 0 Å². The molecule has 1 aliphatic rings. The normalized spacial score (nSPS) is 15.8. The predicted molar refractivity (Wildman–Crippen MR) is 101 cm³/mol. The van der Waals surface area contributed by atoms with Crippen molar-refractivity contribution in [3.8, 4) is 11.3 Å². The number of benzene rings is 1. The minimum atomic E-state index is -0.919. The fraction of sp³-hybridized carbons (Fsp3) is 0.381. The molecule has 0 bridgehead atoms. The first-order chi connectivity index (χ1) is 13.5. The number of aliphatic carboxylic acids is 1. The molecule has 1 aromatic heterocycles. The number of Topliss-reactive ketones (excluding diaryl/α,β-unsaturated/α-hetero) is 1. The van der Waals surface area contributed by atoms with E-state index in [2.05, 4.69) is 5.32 Å². The van der Waals surface area contributed by atoms with Gasteiger partial charge in [0.05, 0.1) is 5.92 Å². The molecule has 148 valence electrons. The molecule has 1 unspecified atom stereocenters. The highest BCUT2D eigenvalue weighted by Crippen LogP contribution is 2.25. The Balaban J connectivity index is 1.63. The van der Waals surface area contributed by atoms with Crippen LogP contribution in [0.3, 0.4) is 0 Å². The third-order valence-corrected chi connectivity index (χ3v) is 5.04. The quantitative estimate of drug-likeness (QED) is 0.710. The predicted octanol–water partition coefficient (Wildman–Crippen LogP) is 3.01. The number of carbonyl (C=O) groups excluding carboxylic acids is 2. The van der Waals surface area contributed by atoms with E-state index in [1.165, 1.54) is 6.92 Å². The van der Waals surface area contributed by atoms with Gasteiger partial charge in [-0.25, -0.2) is 0 Å². The molecule has 1 aromatic carbocycles. The molecule has 7 nitrogen and oxygen atoms in total. The summed E-state index contributed by atoms with van der Waals surface area (Å²) in [6, 6.07) is 10.1. The van der Waals surface area contributed by atoms with Crippen LogP contribution in [0.5, 0.6) is 0 Å². The van der Waals surface area contributed by atoms with E-state index >= 15 is 0 Å². The third-order valence-electron chi connectivity index (χ3n) is 5.04. The highest BCUT2D eigenvalue weighted by atomic mass is 16.5. The largest absolute Gasteiger partial charge is 0.481 e. The second-order valence-electron chi connectivity index (χ2n) is 6.90. The molecule has 1 saturated heterocycles. The first kappa shape index (κ1) is 19.8. The van der Waals surface area contributed by atoms with Crippen LogP contribution in [-0.2, 0) is 9.53 Å². The first-order valence-electron chi connectivity index (χ1n) is 9.25. The molecule has 7 heteroatoms. The maximum absolute atomic E-state index is 12.4. The van der Waals surface area contributed by atoms with Gasteiger partial charge in [-0.2, -0.15) is 0 Å². The Morgan fingerprint density at radius 3 is 2.39 bits per heavy atom. The summed E-state index contributed by atoms with van der Waals surface area (Å²) < 4.78 is 10.9. The number of hydrogen-bond donors (Lipinski definition) is 2. The number of rotatable bonds is 7. The molecule has 1 atom stereocenters. The summed E-state index contributed by atoms with van der Waals surface area (Å²) in [6.07, 6.45) is 1.35. The molecule has 2 aromatic rings. The lowest BCUT2D eigenvalue weighted by atomic mass is 9.86. The lowest BCUT2D eigenvalue weighted by Gasteiger charge is -2.27. The molecule has 3 rings (SSSR count). The summed E-state index contributed by atoms with van der Waals surface area (Å²) in [7, 11) is 0. The lowest BCUT2D eigenvalue weighted by molar-refractivity contribution is -0.144. The SMILES string of the molecule is CC(=O)c1ccc(-c2ccc(C(=O)NCC(C(=O)O)C3CCOCC3)o2)cc1. The summed E-state index contributed by atoms with van der Waals surface area (Å²) in [5.41, 5.74) is 1.34. The zero-order chi connectivity index (χ0) is 20.1. The maximum Gasteiger partial charge on any atom is 0.308 e. The minimum Gasteiger partial charge on any atom is -0.481 e. The van der Waals surface area contributed by atoms with Crippen molar-refractivity contribution in [2.75, 3.05) is 19.8 Å². The van der Waals surface area contributed by atoms with Gasteiger partial charge in [0, 0.05) is 30.9 Å². The second kappa shape index (κ2) is 8.84. The molecular weight excluding hydrogens is 362 g/mol. The Morgan fingerprint density at radius 2 is 1.79 bits per heavy atom. The summed E-state index contributed by atoms with van der Waals surface area (Å²) >= 11 is 0. The summed E-state index contributed by atoms with van der Waals surface area (Å²) in [5.74, 6) is -1.45. The molecule has 0 spiro atoms. The van der Waals surface area contributed by atoms with Crippen molar-refractivity contribution in [1.82, 2.24) is 5.32 Å². The van der Waals surface area contributed by atoms with Crippen molar-refractivity contribution in [3.05, 3.63) is 47.7 Å². The summed E-state index contributed by atoms with van der Waals surface area (Å²) in [4.78, 5) is 35.3. The number of carboxylic acid groups (broad SMARTS) is 1. The maximum atomic E-state index is 12.4. The fourth-order valence-electron chi connectivity index (χ4n) is 3.35. The topological polar surface area (TPSA) is 106 Å². The molecule has 28 heavy (non-hydrogen) atoms. The smallest absolute Gasteiger partial charge is 0.308 e. The van der Waals surface area contributed by atoms with Crippen LogP contribution in [0.2, 0.25) is 0 Å². The van der Waals surface area contributed by atoms with Crippen LogP contribution >= 0.6 is 0 Å². The Hall–Kier alpha value is -2.93. The van der Waals surface area contributed by atoms with Crippen molar-refractivity contribution < 1.29 is 28.6 Å². The molecule has 1 amide bonds. The number of nitrogens with one attached hydrogen (secondary N) is 1. The Morgan fingerprint density at radius 1 is 1.11 bits per heavy atom. The van der Waals surface area contributed by atoms with Crippen LogP contribution in [0.1, 0.15) is 40.7 Å². The number of furan rings is 1. The highest BCUT2D eigenvalue weighted by molar-refractivity contribution is 5.94. The molecular formula is C21H23NO6. The van der Waals surface area contributed by atoms with Gasteiger partial charge in [-0.3, -0.25) is 14.4 Å². The Labute approximate surface area is 162 Å². The van der Waals surface area contributed by atoms with Crippen molar-refractivity contribution in [2.45, 2.75) is 19.8 Å². The first-order valence-corrected chi connectivity index (χ1v) is 9.25. The van der Waals surface area contributed by atoms with Gasteiger partial charge >= 0.3 is 5.97 Å². The number of carbonyl (C=O) groups is 3.